The predicted molar refractivity (Wildman–Crippen MR) is 255 cm³/mol. The Morgan fingerprint density at radius 3 is 1.47 bits per heavy atom. The zero-order chi connectivity index (χ0) is 39.7. The Morgan fingerprint density at radius 2 is 0.783 bits per heavy atom. The molecule has 0 radical (unpaired) electrons. The molecule has 0 amide bonds. The molecule has 280 valence electrons. The fraction of sp³-hybridized carbons (Fsp3) is 0.0508. The van der Waals surface area contributed by atoms with E-state index in [2.05, 4.69) is 208 Å². The molecule has 13 rings (SSSR count). The molecule has 0 N–H and O–H groups in total. The monoisotopic (exact) mass is 762 g/mol. The molecule has 12 aromatic rings. The average Bonchev–Trinajstić information content (AvgIpc) is 3.78. The van der Waals surface area contributed by atoms with E-state index < -0.39 is 0 Å². The van der Waals surface area contributed by atoms with Crippen LogP contribution in [-0.4, -0.2) is 0 Å². The smallest absolute Gasteiger partial charge is 0.135 e. The molecule has 0 aliphatic heterocycles. The summed E-state index contributed by atoms with van der Waals surface area (Å²) in [5.74, 6) is 0. The molecule has 60 heavy (non-hydrogen) atoms. The van der Waals surface area contributed by atoms with E-state index in [0.717, 1.165) is 21.9 Å². The third kappa shape index (κ3) is 4.69. The molecule has 0 saturated heterocycles. The molecule has 0 bridgehead atoms. The largest absolute Gasteiger partial charge is 0.456 e. The molecule has 1 nitrogen and oxygen atoms in total. The van der Waals surface area contributed by atoms with Gasteiger partial charge in [0.05, 0.1) is 0 Å². The number of fused-ring (bicyclic) bond motifs is 13. The quantitative estimate of drug-likeness (QED) is 0.129. The first kappa shape index (κ1) is 33.5. The van der Waals surface area contributed by atoms with Crippen molar-refractivity contribution in [2.75, 3.05) is 0 Å². The van der Waals surface area contributed by atoms with Crippen LogP contribution in [0, 0.1) is 0 Å². The number of hydrogen-bond acceptors (Lipinski definition) is 1. The standard InChI is InChI=1S/C59H38O/c1-59(2)53-28-23-37(32-50(53)49-27-21-36-12-4-6-14-44(36)58(49)59)38-24-29-54-51(33-38)52-34-41(25-30-55(52)60-54)57-47-17-9-7-15-45(47)56(46-16-8-10-18-48(46)57)40-22-26-43-39(31-40)20-19-35-11-3-5-13-42(35)43/h3-34H,1-2H3. The zero-order valence-electron chi connectivity index (χ0n) is 33.4. The van der Waals surface area contributed by atoms with Gasteiger partial charge in [0.25, 0.3) is 0 Å². The highest BCUT2D eigenvalue weighted by Crippen LogP contribution is 2.52. The van der Waals surface area contributed by atoms with Crippen molar-refractivity contribution in [3.05, 3.63) is 205 Å². The van der Waals surface area contributed by atoms with E-state index in [9.17, 15) is 0 Å². The minimum Gasteiger partial charge on any atom is -0.456 e. The van der Waals surface area contributed by atoms with Crippen molar-refractivity contribution in [3.63, 3.8) is 0 Å². The number of furan rings is 1. The summed E-state index contributed by atoms with van der Waals surface area (Å²) in [6, 6.07) is 72.0. The molecule has 1 aliphatic rings. The summed E-state index contributed by atoms with van der Waals surface area (Å²) in [5, 5.41) is 15.0. The van der Waals surface area contributed by atoms with Crippen LogP contribution in [0.25, 0.3) is 120 Å². The van der Waals surface area contributed by atoms with Gasteiger partial charge in [0.2, 0.25) is 0 Å². The minimum absolute atomic E-state index is 0.0808. The number of rotatable bonds is 3. The van der Waals surface area contributed by atoms with Gasteiger partial charge in [0.15, 0.2) is 0 Å². The van der Waals surface area contributed by atoms with Gasteiger partial charge in [-0.15, -0.1) is 0 Å². The summed E-state index contributed by atoms with van der Waals surface area (Å²) in [6.07, 6.45) is 0. The first-order valence-corrected chi connectivity index (χ1v) is 21.0. The summed E-state index contributed by atoms with van der Waals surface area (Å²) in [7, 11) is 0. The molecular formula is C59H38O. The van der Waals surface area contributed by atoms with E-state index in [-0.39, 0.29) is 5.41 Å². The normalized spacial score (nSPS) is 13.3. The van der Waals surface area contributed by atoms with Gasteiger partial charge in [-0.05, 0) is 146 Å². The Morgan fingerprint density at radius 1 is 0.317 bits per heavy atom. The second kappa shape index (κ2) is 12.3. The van der Waals surface area contributed by atoms with Crippen LogP contribution < -0.4 is 0 Å². The third-order valence-corrected chi connectivity index (χ3v) is 13.6. The van der Waals surface area contributed by atoms with E-state index in [1.807, 2.05) is 0 Å². The summed E-state index contributed by atoms with van der Waals surface area (Å²) < 4.78 is 6.54. The van der Waals surface area contributed by atoms with Crippen molar-refractivity contribution in [1.29, 1.82) is 0 Å². The highest BCUT2D eigenvalue weighted by Gasteiger charge is 2.37. The Balaban J connectivity index is 0.972. The van der Waals surface area contributed by atoms with Gasteiger partial charge in [-0.1, -0.05) is 172 Å². The molecule has 0 unspecified atom stereocenters. The minimum atomic E-state index is -0.0808. The maximum atomic E-state index is 6.54. The molecule has 0 atom stereocenters. The van der Waals surface area contributed by atoms with Crippen LogP contribution in [0.15, 0.2) is 199 Å². The van der Waals surface area contributed by atoms with Crippen LogP contribution in [0.5, 0.6) is 0 Å². The van der Waals surface area contributed by atoms with Crippen molar-refractivity contribution >= 4 is 75.8 Å². The van der Waals surface area contributed by atoms with Crippen molar-refractivity contribution in [3.8, 4) is 44.5 Å². The second-order valence-electron chi connectivity index (χ2n) is 17.2. The SMILES string of the molecule is CC1(C)c2ccc(-c3ccc4oc5ccc(-c6c7ccccc7c(-c7ccc8c(ccc9ccccc98)c7)c7ccccc67)cc5c4c3)cc2-c2ccc3ccccc3c21. The van der Waals surface area contributed by atoms with E-state index in [0.29, 0.717) is 0 Å². The summed E-state index contributed by atoms with van der Waals surface area (Å²) in [5.41, 5.74) is 14.5. The Labute approximate surface area is 347 Å². The molecule has 11 aromatic carbocycles. The first-order valence-electron chi connectivity index (χ1n) is 21.0. The van der Waals surface area contributed by atoms with Gasteiger partial charge in [0.1, 0.15) is 11.2 Å². The van der Waals surface area contributed by atoms with Gasteiger partial charge in [0, 0.05) is 16.2 Å². The van der Waals surface area contributed by atoms with Crippen molar-refractivity contribution < 1.29 is 4.42 Å². The second-order valence-corrected chi connectivity index (χ2v) is 17.2. The molecular weight excluding hydrogens is 725 g/mol. The van der Waals surface area contributed by atoms with Crippen LogP contribution in [-0.2, 0) is 5.41 Å². The molecule has 0 fully saturated rings. The Kier molecular flexibility index (Phi) is 6.85. The molecule has 1 heterocycles. The molecule has 1 aliphatic carbocycles. The lowest BCUT2D eigenvalue weighted by Crippen LogP contribution is -2.15. The van der Waals surface area contributed by atoms with Crippen molar-refractivity contribution in [2.45, 2.75) is 19.3 Å². The van der Waals surface area contributed by atoms with Crippen LogP contribution in [0.2, 0.25) is 0 Å². The Bertz CT molecular complexity index is 3750. The maximum Gasteiger partial charge on any atom is 0.135 e. The topological polar surface area (TPSA) is 13.1 Å². The Hall–Kier alpha value is -7.48. The van der Waals surface area contributed by atoms with Crippen LogP contribution >= 0.6 is 0 Å². The van der Waals surface area contributed by atoms with Crippen molar-refractivity contribution in [1.82, 2.24) is 0 Å². The lowest BCUT2D eigenvalue weighted by Gasteiger charge is -2.23. The fourth-order valence-corrected chi connectivity index (χ4v) is 10.8. The first-order chi connectivity index (χ1) is 29.5. The summed E-state index contributed by atoms with van der Waals surface area (Å²) in [6.45, 7) is 4.74. The van der Waals surface area contributed by atoms with Gasteiger partial charge < -0.3 is 4.42 Å². The highest BCUT2D eigenvalue weighted by molar-refractivity contribution is 6.23. The van der Waals surface area contributed by atoms with Crippen LogP contribution in [0.1, 0.15) is 25.0 Å². The van der Waals surface area contributed by atoms with E-state index in [4.69, 9.17) is 4.42 Å². The van der Waals surface area contributed by atoms with Gasteiger partial charge in [-0.25, -0.2) is 0 Å². The number of hydrogen-bond donors (Lipinski definition) is 0. The van der Waals surface area contributed by atoms with Gasteiger partial charge in [-0.3, -0.25) is 0 Å². The molecule has 1 heteroatoms. The van der Waals surface area contributed by atoms with Crippen molar-refractivity contribution in [2.24, 2.45) is 0 Å². The fourth-order valence-electron chi connectivity index (χ4n) is 10.8. The molecule has 0 saturated carbocycles. The molecule has 1 aromatic heterocycles. The zero-order valence-corrected chi connectivity index (χ0v) is 33.4. The maximum absolute atomic E-state index is 6.54. The van der Waals surface area contributed by atoms with E-state index >= 15 is 0 Å². The van der Waals surface area contributed by atoms with Crippen LogP contribution in [0.3, 0.4) is 0 Å². The summed E-state index contributed by atoms with van der Waals surface area (Å²) in [4.78, 5) is 0. The van der Waals surface area contributed by atoms with E-state index in [1.54, 1.807) is 0 Å². The number of benzene rings is 11. The van der Waals surface area contributed by atoms with Crippen LogP contribution in [0.4, 0.5) is 0 Å². The molecule has 0 spiro atoms. The summed E-state index contributed by atoms with van der Waals surface area (Å²) >= 11 is 0. The van der Waals surface area contributed by atoms with Gasteiger partial charge >= 0.3 is 0 Å². The van der Waals surface area contributed by atoms with Gasteiger partial charge in [-0.2, -0.15) is 0 Å². The third-order valence-electron chi connectivity index (χ3n) is 13.6. The average molecular weight is 763 g/mol. The highest BCUT2D eigenvalue weighted by atomic mass is 16.3. The predicted octanol–water partition coefficient (Wildman–Crippen LogP) is 16.7. The lowest BCUT2D eigenvalue weighted by atomic mass is 9.80. The lowest BCUT2D eigenvalue weighted by molar-refractivity contribution is 0.666. The van der Waals surface area contributed by atoms with E-state index in [1.165, 1.54) is 109 Å².